The van der Waals surface area contributed by atoms with E-state index < -0.39 is 37.7 Å². The molecule has 26 heavy (non-hydrogen) atoms. The van der Waals surface area contributed by atoms with E-state index in [2.05, 4.69) is 0 Å². The Labute approximate surface area is 149 Å². The molecule has 0 bridgehead atoms. The van der Waals surface area contributed by atoms with Crippen molar-refractivity contribution in [1.29, 1.82) is 0 Å². The Morgan fingerprint density at radius 1 is 0.769 bits per heavy atom. The molecule has 0 fully saturated rings. The Morgan fingerprint density at radius 2 is 1.15 bits per heavy atom. The molecule has 2 rings (SSSR count). The summed E-state index contributed by atoms with van der Waals surface area (Å²) in [5.41, 5.74) is -5.63. The van der Waals surface area contributed by atoms with Crippen LogP contribution in [-0.4, -0.2) is 24.8 Å². The van der Waals surface area contributed by atoms with Crippen LogP contribution in [0.2, 0.25) is 0 Å². The molecule has 0 saturated carbocycles. The van der Waals surface area contributed by atoms with E-state index in [4.69, 9.17) is 0 Å². The van der Waals surface area contributed by atoms with E-state index in [0.29, 0.717) is 6.92 Å². The highest BCUT2D eigenvalue weighted by Crippen LogP contribution is 2.42. The number of sulfone groups is 1. The van der Waals surface area contributed by atoms with Gasteiger partial charge in [-0.2, -0.15) is 13.2 Å². The fourth-order valence-corrected chi connectivity index (χ4v) is 4.50. The van der Waals surface area contributed by atoms with Crippen LogP contribution in [0.15, 0.2) is 58.3 Å². The van der Waals surface area contributed by atoms with Crippen molar-refractivity contribution in [1.82, 2.24) is 0 Å². The van der Waals surface area contributed by atoms with E-state index in [0.717, 1.165) is 12.1 Å². The van der Waals surface area contributed by atoms with Crippen LogP contribution in [0.4, 0.5) is 13.2 Å². The number of halogens is 3. The highest BCUT2D eigenvalue weighted by atomic mass is 32.2. The lowest BCUT2D eigenvalue weighted by Gasteiger charge is -2.29. The van der Waals surface area contributed by atoms with Crippen molar-refractivity contribution in [2.45, 2.75) is 47.9 Å². The number of hydrogen-bond acceptors (Lipinski definition) is 4. The summed E-state index contributed by atoms with van der Waals surface area (Å²) in [7, 11) is -4.45. The van der Waals surface area contributed by atoms with Crippen molar-refractivity contribution in [3.05, 3.63) is 59.7 Å². The van der Waals surface area contributed by atoms with Gasteiger partial charge in [0.25, 0.3) is 0 Å². The van der Waals surface area contributed by atoms with Crippen LogP contribution in [-0.2, 0) is 21.0 Å². The predicted octanol–water partition coefficient (Wildman–Crippen LogP) is 3.52. The fraction of sp³-hybridized carbons (Fsp3) is 0.333. The number of rotatable bonds is 4. The molecule has 0 radical (unpaired) electrons. The summed E-state index contributed by atoms with van der Waals surface area (Å²) in [4.78, 5) is -0.989. The maximum Gasteiger partial charge on any atom is 0.421 e. The molecular formula is C18H19F3O4S. The van der Waals surface area contributed by atoms with Gasteiger partial charge >= 0.3 is 6.18 Å². The average Bonchev–Trinajstić information content (AvgIpc) is 2.53. The van der Waals surface area contributed by atoms with Gasteiger partial charge in [-0.25, -0.2) is 8.42 Å². The maximum absolute atomic E-state index is 13.3. The highest BCUT2D eigenvalue weighted by Gasteiger charge is 2.53. The van der Waals surface area contributed by atoms with E-state index in [1.807, 2.05) is 0 Å². The number of hydrogen-bond donors (Lipinski definition) is 2. The third kappa shape index (κ3) is 3.49. The van der Waals surface area contributed by atoms with Crippen LogP contribution in [0, 0.1) is 0 Å². The molecule has 0 amide bonds. The van der Waals surface area contributed by atoms with Gasteiger partial charge in [0.2, 0.25) is 9.84 Å². The second kappa shape index (κ2) is 6.37. The van der Waals surface area contributed by atoms with Crippen molar-refractivity contribution >= 4 is 9.84 Å². The summed E-state index contributed by atoms with van der Waals surface area (Å²) in [6.07, 6.45) is -5.08. The van der Waals surface area contributed by atoms with Gasteiger partial charge in [-0.3, -0.25) is 0 Å². The van der Waals surface area contributed by atoms with Gasteiger partial charge in [-0.05, 0) is 32.9 Å². The van der Waals surface area contributed by atoms with Crippen LogP contribution in [0.25, 0.3) is 0 Å². The van der Waals surface area contributed by atoms with Crippen LogP contribution in [0.3, 0.4) is 0 Å². The molecule has 0 saturated heterocycles. The monoisotopic (exact) mass is 388 g/mol. The lowest BCUT2D eigenvalue weighted by atomic mass is 9.95. The molecule has 0 spiro atoms. The van der Waals surface area contributed by atoms with Crippen LogP contribution < -0.4 is 0 Å². The second-order valence-corrected chi connectivity index (χ2v) is 8.51. The van der Waals surface area contributed by atoms with Gasteiger partial charge < -0.3 is 10.2 Å². The molecule has 4 nitrogen and oxygen atoms in total. The van der Waals surface area contributed by atoms with Gasteiger partial charge in [-0.1, -0.05) is 36.4 Å². The Bertz CT molecular complexity index is 911. The molecule has 0 aliphatic rings. The predicted molar refractivity (Wildman–Crippen MR) is 89.2 cm³/mol. The largest absolute Gasteiger partial charge is 0.421 e. The number of aliphatic hydroxyl groups is 2. The Hall–Kier alpha value is -1.90. The van der Waals surface area contributed by atoms with E-state index in [-0.39, 0.29) is 10.5 Å². The molecule has 1 atom stereocenters. The van der Waals surface area contributed by atoms with E-state index in [9.17, 15) is 31.8 Å². The van der Waals surface area contributed by atoms with Crippen molar-refractivity contribution in [3.8, 4) is 0 Å². The summed E-state index contributed by atoms with van der Waals surface area (Å²) in [5, 5.41) is 20.2. The molecule has 0 aliphatic carbocycles. The van der Waals surface area contributed by atoms with Crippen LogP contribution in [0.5, 0.6) is 0 Å². The zero-order chi connectivity index (χ0) is 20.0. The molecule has 1 unspecified atom stereocenters. The van der Waals surface area contributed by atoms with Gasteiger partial charge in [0.15, 0.2) is 5.60 Å². The third-order valence-corrected chi connectivity index (χ3v) is 5.96. The molecule has 2 aromatic rings. The molecule has 0 aliphatic heterocycles. The first kappa shape index (κ1) is 20.4. The summed E-state index contributed by atoms with van der Waals surface area (Å²) < 4.78 is 66.0. The van der Waals surface area contributed by atoms with Crippen LogP contribution >= 0.6 is 0 Å². The average molecular weight is 388 g/mol. The Balaban J connectivity index is 2.80. The minimum atomic E-state index is -5.08. The second-order valence-electron chi connectivity index (χ2n) is 6.62. The molecule has 142 valence electrons. The molecule has 2 aromatic carbocycles. The first-order valence-corrected chi connectivity index (χ1v) is 9.14. The lowest BCUT2D eigenvalue weighted by molar-refractivity contribution is -0.259. The lowest BCUT2D eigenvalue weighted by Crippen LogP contribution is -2.40. The molecule has 0 aromatic heterocycles. The maximum atomic E-state index is 13.3. The number of alkyl halides is 3. The topological polar surface area (TPSA) is 74.6 Å². The Kier molecular flexibility index (Phi) is 5.00. The normalized spacial score (nSPS) is 15.5. The van der Waals surface area contributed by atoms with Gasteiger partial charge in [-0.15, -0.1) is 0 Å². The number of benzene rings is 2. The summed E-state index contributed by atoms with van der Waals surface area (Å²) in [6.45, 7) is 3.25. The van der Waals surface area contributed by atoms with E-state index in [1.54, 1.807) is 0 Å². The molecular weight excluding hydrogens is 369 g/mol. The zero-order valence-electron chi connectivity index (χ0n) is 14.4. The quantitative estimate of drug-likeness (QED) is 0.841. The summed E-state index contributed by atoms with van der Waals surface area (Å²) in [6, 6.07) is 9.95. The van der Waals surface area contributed by atoms with Crippen molar-refractivity contribution < 1.29 is 31.8 Å². The van der Waals surface area contributed by atoms with Gasteiger partial charge in [0.05, 0.1) is 15.4 Å². The van der Waals surface area contributed by atoms with Crippen LogP contribution in [0.1, 0.15) is 31.9 Å². The Morgan fingerprint density at radius 3 is 1.58 bits per heavy atom. The van der Waals surface area contributed by atoms with Crippen molar-refractivity contribution in [2.24, 2.45) is 0 Å². The minimum absolute atomic E-state index is 0.0430. The summed E-state index contributed by atoms with van der Waals surface area (Å²) in [5.74, 6) is 0. The zero-order valence-corrected chi connectivity index (χ0v) is 15.2. The standard InChI is InChI=1S/C18H19F3O4S/c1-16(2,22)12-8-4-6-10-14(12)26(24,25)15-11-7-5-9-13(15)17(3,23)18(19,20)21/h4-11,22-23H,1-3H3. The molecule has 2 N–H and O–H groups in total. The highest BCUT2D eigenvalue weighted by molar-refractivity contribution is 7.91. The van der Waals surface area contributed by atoms with E-state index in [1.165, 1.54) is 50.2 Å². The van der Waals surface area contributed by atoms with Crippen molar-refractivity contribution in [3.63, 3.8) is 0 Å². The third-order valence-electron chi connectivity index (χ3n) is 4.09. The van der Waals surface area contributed by atoms with E-state index >= 15 is 0 Å². The van der Waals surface area contributed by atoms with Crippen molar-refractivity contribution in [2.75, 3.05) is 0 Å². The summed E-state index contributed by atoms with van der Waals surface area (Å²) >= 11 is 0. The minimum Gasteiger partial charge on any atom is -0.386 e. The fourth-order valence-electron chi connectivity index (χ4n) is 2.58. The smallest absolute Gasteiger partial charge is 0.386 e. The molecule has 8 heteroatoms. The molecule has 0 heterocycles. The SMILES string of the molecule is CC(C)(O)c1ccccc1S(=O)(=O)c1ccccc1C(C)(O)C(F)(F)F. The first-order chi connectivity index (χ1) is 11.7. The first-order valence-electron chi connectivity index (χ1n) is 7.66. The van der Waals surface area contributed by atoms with Gasteiger partial charge in [0, 0.05) is 11.1 Å². The van der Waals surface area contributed by atoms with Gasteiger partial charge in [0.1, 0.15) is 0 Å².